The molecule has 1 heterocycles. The number of hydrogen-bond donors (Lipinski definition) is 0. The Morgan fingerprint density at radius 1 is 0.811 bits per heavy atom. The molecule has 0 N–H and O–H groups in total. The first-order chi connectivity index (χ1) is 18.1. The second kappa shape index (κ2) is 11.3. The van der Waals surface area contributed by atoms with E-state index in [4.69, 9.17) is 9.47 Å². The van der Waals surface area contributed by atoms with E-state index in [1.165, 1.54) is 10.3 Å². The van der Waals surface area contributed by atoms with Gasteiger partial charge in [-0.05, 0) is 52.1 Å². The third-order valence-corrected chi connectivity index (χ3v) is 6.88. The summed E-state index contributed by atoms with van der Waals surface area (Å²) in [5, 5.41) is 13.9. The highest BCUT2D eigenvalue weighted by Crippen LogP contribution is 2.31. The van der Waals surface area contributed by atoms with Crippen LogP contribution in [0.2, 0.25) is 0 Å². The Morgan fingerprint density at radius 2 is 1.51 bits per heavy atom. The zero-order valence-electron chi connectivity index (χ0n) is 20.4. The highest BCUT2D eigenvalue weighted by Gasteiger charge is 2.31. The summed E-state index contributed by atoms with van der Waals surface area (Å²) >= 11 is 0. The summed E-state index contributed by atoms with van der Waals surface area (Å²) in [6.45, 7) is 1.23. The molecule has 37 heavy (non-hydrogen) atoms. The predicted octanol–water partition coefficient (Wildman–Crippen LogP) is 4.91. The van der Waals surface area contributed by atoms with Gasteiger partial charge in [0.05, 0.1) is 18.3 Å². The van der Waals surface area contributed by atoms with E-state index in [-0.39, 0.29) is 31.1 Å². The summed E-state index contributed by atoms with van der Waals surface area (Å²) in [6.07, 6.45) is -0.841. The minimum Gasteiger partial charge on any atom is -0.530 e. The molecule has 2 unspecified atom stereocenters. The lowest BCUT2D eigenvalue weighted by Crippen LogP contribution is -2.51. The Balaban J connectivity index is 1.25. The number of hydrogen-bond acceptors (Lipinski definition) is 5. The maximum Gasteiger partial charge on any atom is 0.338 e. The summed E-state index contributed by atoms with van der Waals surface area (Å²) in [5.41, 5.74) is 3.51. The van der Waals surface area contributed by atoms with Gasteiger partial charge in [0.15, 0.2) is 0 Å². The maximum absolute atomic E-state index is 12.2. The van der Waals surface area contributed by atoms with Gasteiger partial charge < -0.3 is 24.3 Å². The van der Waals surface area contributed by atoms with Gasteiger partial charge in [-0.1, -0.05) is 78.9 Å². The summed E-state index contributed by atoms with van der Waals surface area (Å²) in [4.78, 5) is 25.1. The highest BCUT2D eigenvalue weighted by molar-refractivity contribution is 5.89. The fraction of sp³-hybridized carbons (Fsp3) is 0.226. The Labute approximate surface area is 216 Å². The number of piperidine rings is 1. The zero-order chi connectivity index (χ0) is 25.6. The van der Waals surface area contributed by atoms with Gasteiger partial charge in [-0.15, -0.1) is 0 Å². The van der Waals surface area contributed by atoms with Crippen molar-refractivity contribution in [2.24, 2.45) is 0 Å². The van der Waals surface area contributed by atoms with Gasteiger partial charge in [0.2, 0.25) is 0 Å². The third-order valence-electron chi connectivity index (χ3n) is 6.88. The van der Waals surface area contributed by atoms with Crippen LogP contribution in [0.3, 0.4) is 0 Å². The number of nitrogens with zero attached hydrogens (tertiary/aromatic N) is 1. The number of benzene rings is 4. The Morgan fingerprint density at radius 3 is 2.27 bits per heavy atom. The van der Waals surface area contributed by atoms with Gasteiger partial charge in [-0.2, -0.15) is 0 Å². The molecule has 0 aliphatic carbocycles. The normalized spacial score (nSPS) is 17.5. The van der Waals surface area contributed by atoms with Crippen LogP contribution in [0.4, 0.5) is 4.79 Å². The third kappa shape index (κ3) is 5.98. The molecule has 0 bridgehead atoms. The van der Waals surface area contributed by atoms with Crippen LogP contribution in [0.5, 0.6) is 0 Å². The fourth-order valence-corrected chi connectivity index (χ4v) is 4.83. The van der Waals surface area contributed by atoms with Crippen LogP contribution < -0.4 is 5.11 Å². The van der Waals surface area contributed by atoms with Crippen molar-refractivity contribution in [2.45, 2.75) is 31.7 Å². The summed E-state index contributed by atoms with van der Waals surface area (Å²) in [5.74, 6) is -0.321. The van der Waals surface area contributed by atoms with Crippen molar-refractivity contribution in [1.29, 1.82) is 0 Å². The fourth-order valence-electron chi connectivity index (χ4n) is 4.83. The van der Waals surface area contributed by atoms with E-state index in [0.717, 1.165) is 22.1 Å². The highest BCUT2D eigenvalue weighted by atomic mass is 16.5. The second-order valence-electron chi connectivity index (χ2n) is 9.32. The molecule has 0 aromatic heterocycles. The molecular formula is C31H28NO5-. The van der Waals surface area contributed by atoms with Gasteiger partial charge in [0.25, 0.3) is 0 Å². The minimum absolute atomic E-state index is 0.0389. The molecule has 1 aliphatic rings. The van der Waals surface area contributed by atoms with Crippen LogP contribution >= 0.6 is 0 Å². The molecule has 0 radical (unpaired) electrons. The largest absolute Gasteiger partial charge is 0.530 e. The molecule has 2 atom stereocenters. The van der Waals surface area contributed by atoms with Gasteiger partial charge >= 0.3 is 5.97 Å². The van der Waals surface area contributed by atoms with Crippen LogP contribution in [0.1, 0.15) is 39.4 Å². The number of rotatable bonds is 7. The van der Waals surface area contributed by atoms with Crippen LogP contribution in [0.15, 0.2) is 97.1 Å². The molecule has 6 heteroatoms. The van der Waals surface area contributed by atoms with Crippen molar-refractivity contribution < 1.29 is 24.2 Å². The SMILES string of the molecule is O=C(OCc1ccc(C2CCN(C(=O)[O-])CC2OCc2ccc3ccccc3c2)cc1)c1ccccc1. The quantitative estimate of drug-likeness (QED) is 0.341. The number of carboxylic acid groups (broad SMARTS) is 1. The molecule has 1 aliphatic heterocycles. The van der Waals surface area contributed by atoms with Gasteiger partial charge in [0.1, 0.15) is 12.7 Å². The minimum atomic E-state index is -1.17. The number of carbonyl (C=O) groups is 2. The Kier molecular flexibility index (Phi) is 7.47. The first-order valence-corrected chi connectivity index (χ1v) is 12.4. The van der Waals surface area contributed by atoms with Crippen molar-refractivity contribution in [3.05, 3.63) is 119 Å². The molecule has 1 saturated heterocycles. The van der Waals surface area contributed by atoms with Crippen LogP contribution in [-0.4, -0.2) is 36.2 Å². The van der Waals surface area contributed by atoms with Crippen molar-refractivity contribution in [1.82, 2.24) is 4.90 Å². The number of amides is 1. The number of ether oxygens (including phenoxy) is 2. The lowest BCUT2D eigenvalue weighted by atomic mass is 9.86. The molecule has 0 saturated carbocycles. The van der Waals surface area contributed by atoms with Gasteiger partial charge in [-0.3, -0.25) is 0 Å². The van der Waals surface area contributed by atoms with E-state index in [1.807, 2.05) is 48.5 Å². The molecular weight excluding hydrogens is 466 g/mol. The Hall–Kier alpha value is -4.16. The summed E-state index contributed by atoms with van der Waals surface area (Å²) in [7, 11) is 0. The number of likely N-dealkylation sites (tertiary alicyclic amines) is 1. The number of fused-ring (bicyclic) bond motifs is 1. The van der Waals surface area contributed by atoms with E-state index < -0.39 is 6.09 Å². The topological polar surface area (TPSA) is 78.9 Å². The maximum atomic E-state index is 12.2. The van der Waals surface area contributed by atoms with Crippen molar-refractivity contribution >= 4 is 22.8 Å². The van der Waals surface area contributed by atoms with Gasteiger partial charge in [-0.25, -0.2) is 4.79 Å². The molecule has 4 aromatic carbocycles. The zero-order valence-corrected chi connectivity index (χ0v) is 20.4. The van der Waals surface area contributed by atoms with Crippen molar-refractivity contribution in [3.63, 3.8) is 0 Å². The smallest absolute Gasteiger partial charge is 0.338 e. The number of esters is 1. The summed E-state index contributed by atoms with van der Waals surface area (Å²) < 4.78 is 11.8. The lowest BCUT2D eigenvalue weighted by Gasteiger charge is -2.40. The monoisotopic (exact) mass is 494 g/mol. The molecule has 6 nitrogen and oxygen atoms in total. The molecule has 4 aromatic rings. The second-order valence-corrected chi connectivity index (χ2v) is 9.32. The van der Waals surface area contributed by atoms with Gasteiger partial charge in [0, 0.05) is 19.0 Å². The molecule has 188 valence electrons. The van der Waals surface area contributed by atoms with E-state index >= 15 is 0 Å². The lowest BCUT2D eigenvalue weighted by molar-refractivity contribution is -0.268. The van der Waals surface area contributed by atoms with Crippen molar-refractivity contribution in [2.75, 3.05) is 13.1 Å². The van der Waals surface area contributed by atoms with E-state index in [2.05, 4.69) is 24.3 Å². The van der Waals surface area contributed by atoms with E-state index in [9.17, 15) is 14.7 Å². The summed E-state index contributed by atoms with van der Waals surface area (Å²) in [6, 6.07) is 31.2. The Bertz CT molecular complexity index is 1370. The first-order valence-electron chi connectivity index (χ1n) is 12.4. The first kappa shape index (κ1) is 24.5. The predicted molar refractivity (Wildman–Crippen MR) is 139 cm³/mol. The molecule has 1 fully saturated rings. The van der Waals surface area contributed by atoms with E-state index in [0.29, 0.717) is 25.1 Å². The van der Waals surface area contributed by atoms with E-state index in [1.54, 1.807) is 24.3 Å². The molecule has 0 spiro atoms. The standard InChI is InChI=1S/C31H29NO5/c33-30(26-7-2-1-3-8-26)37-20-22-10-14-25(15-11-22)28-16-17-32(31(34)35)19-29(28)36-21-23-12-13-24-6-4-5-9-27(24)18-23/h1-15,18,28-29H,16-17,19-21H2,(H,34,35)/p-1. The average Bonchev–Trinajstić information content (AvgIpc) is 2.95. The molecule has 1 amide bonds. The number of carbonyl (C=O) groups excluding carboxylic acids is 2. The molecule has 5 rings (SSSR count). The van der Waals surface area contributed by atoms with Crippen LogP contribution in [0, 0.1) is 0 Å². The van der Waals surface area contributed by atoms with Crippen molar-refractivity contribution in [3.8, 4) is 0 Å². The van der Waals surface area contributed by atoms with Crippen LogP contribution in [-0.2, 0) is 22.7 Å². The van der Waals surface area contributed by atoms with Crippen LogP contribution in [0.25, 0.3) is 10.8 Å². The average molecular weight is 495 g/mol.